The Bertz CT molecular complexity index is 1220. The van der Waals surface area contributed by atoms with Crippen molar-refractivity contribution in [3.63, 3.8) is 0 Å². The Kier molecular flexibility index (Phi) is 9.21. The third-order valence-corrected chi connectivity index (χ3v) is 8.05. The number of fused-ring (bicyclic) bond motifs is 1. The van der Waals surface area contributed by atoms with Gasteiger partial charge in [0.15, 0.2) is 16.7 Å². The first-order chi connectivity index (χ1) is 18.9. The maximum Gasteiger partial charge on any atom is 0.338 e. The van der Waals surface area contributed by atoms with Crippen molar-refractivity contribution in [2.75, 3.05) is 41.0 Å². The van der Waals surface area contributed by atoms with E-state index in [-0.39, 0.29) is 24.2 Å². The second-order valence-corrected chi connectivity index (χ2v) is 10.1. The van der Waals surface area contributed by atoms with Crippen LogP contribution in [0.2, 0.25) is 0 Å². The van der Waals surface area contributed by atoms with Crippen LogP contribution in [0.3, 0.4) is 0 Å². The minimum atomic E-state index is -0.631. The number of piperidine rings is 1. The maximum atomic E-state index is 13.4. The van der Waals surface area contributed by atoms with Crippen LogP contribution in [0.25, 0.3) is 0 Å². The van der Waals surface area contributed by atoms with E-state index in [2.05, 4.69) is 0 Å². The molecule has 1 saturated heterocycles. The number of amides is 1. The number of nitrogens with zero attached hydrogens (tertiary/aromatic N) is 3. The van der Waals surface area contributed by atoms with Crippen molar-refractivity contribution in [2.45, 2.75) is 45.6 Å². The third-order valence-electron chi connectivity index (χ3n) is 7.16. The Hall–Kier alpha value is -3.47. The van der Waals surface area contributed by atoms with E-state index < -0.39 is 12.0 Å². The molecule has 0 aromatic heterocycles. The van der Waals surface area contributed by atoms with Crippen molar-refractivity contribution in [3.8, 4) is 11.5 Å². The summed E-state index contributed by atoms with van der Waals surface area (Å²) in [6.07, 6.45) is 1.80. The number of rotatable bonds is 9. The van der Waals surface area contributed by atoms with E-state index >= 15 is 0 Å². The summed E-state index contributed by atoms with van der Waals surface area (Å²) in [5, 5.41) is 2.59. The van der Waals surface area contributed by atoms with E-state index in [1.807, 2.05) is 29.4 Å². The molecule has 0 saturated carbocycles. The van der Waals surface area contributed by atoms with Crippen LogP contribution in [0, 0.1) is 5.92 Å². The number of thioether (sulfide) groups is 1. The molecule has 0 unspecified atom stereocenters. The molecular weight excluding hydrogens is 522 g/mol. The lowest BCUT2D eigenvalue weighted by Crippen LogP contribution is -2.42. The normalized spacial score (nSPS) is 19.3. The van der Waals surface area contributed by atoms with Gasteiger partial charge in [-0.2, -0.15) is 0 Å². The van der Waals surface area contributed by atoms with Crippen LogP contribution in [0.1, 0.15) is 51.1 Å². The summed E-state index contributed by atoms with van der Waals surface area (Å²) in [5.74, 6) is 0.101. The maximum absolute atomic E-state index is 13.4. The summed E-state index contributed by atoms with van der Waals surface area (Å²) >= 11 is 1.42. The number of allylic oxidation sites excluding steroid dienone is 1. The summed E-state index contributed by atoms with van der Waals surface area (Å²) in [5.41, 5.74) is 2.44. The average molecular weight is 558 g/mol. The van der Waals surface area contributed by atoms with Crippen LogP contribution in [-0.2, 0) is 23.9 Å². The Balaban J connectivity index is 1.65. The van der Waals surface area contributed by atoms with Gasteiger partial charge in [-0.05, 0) is 37.7 Å². The number of ether oxygens (including phenoxy) is 4. The first-order valence-electron chi connectivity index (χ1n) is 13.1. The highest BCUT2D eigenvalue weighted by molar-refractivity contribution is 8.16. The monoisotopic (exact) mass is 557 g/mol. The molecule has 39 heavy (non-hydrogen) atoms. The number of amidine groups is 1. The van der Waals surface area contributed by atoms with Crippen LogP contribution in [-0.4, -0.2) is 73.8 Å². The van der Waals surface area contributed by atoms with Crippen molar-refractivity contribution in [1.29, 1.82) is 0 Å². The fourth-order valence-electron chi connectivity index (χ4n) is 5.23. The lowest BCUT2D eigenvalue weighted by Gasteiger charge is -2.38. The summed E-state index contributed by atoms with van der Waals surface area (Å²) in [6, 6.07) is 4.89. The fraction of sp³-hybridized carbons (Fsp3) is 0.500. The molecule has 3 aliphatic heterocycles. The van der Waals surface area contributed by atoms with Crippen LogP contribution in [0.4, 0.5) is 0 Å². The van der Waals surface area contributed by atoms with Crippen LogP contribution in [0.5, 0.6) is 11.5 Å². The minimum Gasteiger partial charge on any atom is -0.493 e. The predicted molar refractivity (Wildman–Crippen MR) is 147 cm³/mol. The smallest absolute Gasteiger partial charge is 0.338 e. The fourth-order valence-corrected chi connectivity index (χ4v) is 6.16. The van der Waals surface area contributed by atoms with Gasteiger partial charge in [0.25, 0.3) is 0 Å². The number of methoxy groups -OCH3 is 3. The molecule has 10 nitrogen and oxygen atoms in total. The van der Waals surface area contributed by atoms with Crippen LogP contribution in [0.15, 0.2) is 45.6 Å². The van der Waals surface area contributed by atoms with Crippen molar-refractivity contribution in [2.24, 2.45) is 10.9 Å². The molecule has 3 heterocycles. The van der Waals surface area contributed by atoms with Crippen molar-refractivity contribution in [1.82, 2.24) is 9.80 Å². The van der Waals surface area contributed by atoms with Crippen LogP contribution < -0.4 is 9.47 Å². The molecule has 11 heteroatoms. The highest BCUT2D eigenvalue weighted by Crippen LogP contribution is 2.49. The zero-order valence-corrected chi connectivity index (χ0v) is 23.8. The Morgan fingerprint density at radius 2 is 1.82 bits per heavy atom. The molecule has 1 fully saturated rings. The molecule has 0 spiro atoms. The van der Waals surface area contributed by atoms with Crippen molar-refractivity contribution in [3.05, 3.63) is 46.1 Å². The number of hydrogen-bond donors (Lipinski definition) is 0. The third kappa shape index (κ3) is 5.63. The van der Waals surface area contributed by atoms with E-state index in [1.165, 1.54) is 18.9 Å². The van der Waals surface area contributed by atoms with Gasteiger partial charge >= 0.3 is 11.9 Å². The predicted octanol–water partition coefficient (Wildman–Crippen LogP) is 4.03. The molecule has 0 radical (unpaired) electrons. The molecule has 0 bridgehead atoms. The molecule has 210 valence electrons. The summed E-state index contributed by atoms with van der Waals surface area (Å²) in [6.45, 7) is 5.06. The molecule has 4 rings (SSSR count). The van der Waals surface area contributed by atoms with Gasteiger partial charge in [-0.25, -0.2) is 9.79 Å². The van der Waals surface area contributed by atoms with E-state index in [9.17, 15) is 14.4 Å². The number of likely N-dealkylation sites (tertiary alicyclic amines) is 1. The second-order valence-electron chi connectivity index (χ2n) is 9.27. The number of para-hydroxylation sites is 1. The zero-order chi connectivity index (χ0) is 28.1. The average Bonchev–Trinajstić information content (AvgIpc) is 3.37. The van der Waals surface area contributed by atoms with Gasteiger partial charge in [0.1, 0.15) is 0 Å². The van der Waals surface area contributed by atoms with E-state index in [4.69, 9.17) is 23.9 Å². The number of carbonyl (C=O) groups excluding carboxylic acids is 3. The SMILES string of the molecule is CCOC(=O)C1CCN(C(=O)CC2=CSC3=NC(CC)=C(C(=O)OC)[C@H](c4cccc(OC)c4OC)N23)CC1. The van der Waals surface area contributed by atoms with Gasteiger partial charge in [0.05, 0.1) is 57.6 Å². The lowest BCUT2D eigenvalue weighted by atomic mass is 9.91. The van der Waals surface area contributed by atoms with Gasteiger partial charge in [-0.3, -0.25) is 9.59 Å². The topological polar surface area (TPSA) is 107 Å². The molecule has 0 aliphatic carbocycles. The number of carbonyl (C=O) groups is 3. The van der Waals surface area contributed by atoms with Crippen LogP contribution >= 0.6 is 11.8 Å². The van der Waals surface area contributed by atoms with Gasteiger partial charge in [0, 0.05) is 24.4 Å². The van der Waals surface area contributed by atoms with Gasteiger partial charge in [-0.15, -0.1) is 0 Å². The highest BCUT2D eigenvalue weighted by Gasteiger charge is 2.43. The van der Waals surface area contributed by atoms with Gasteiger partial charge < -0.3 is 28.7 Å². The zero-order valence-electron chi connectivity index (χ0n) is 23.0. The quantitative estimate of drug-likeness (QED) is 0.416. The summed E-state index contributed by atoms with van der Waals surface area (Å²) in [7, 11) is 4.46. The summed E-state index contributed by atoms with van der Waals surface area (Å²) < 4.78 is 21.7. The van der Waals surface area contributed by atoms with E-state index in [0.29, 0.717) is 72.5 Å². The molecule has 3 aliphatic rings. The molecular formula is C28H35N3O7S. The lowest BCUT2D eigenvalue weighted by molar-refractivity contribution is -0.151. The Morgan fingerprint density at radius 1 is 1.08 bits per heavy atom. The van der Waals surface area contributed by atoms with E-state index in [0.717, 1.165) is 5.70 Å². The Morgan fingerprint density at radius 3 is 2.44 bits per heavy atom. The van der Waals surface area contributed by atoms with Gasteiger partial charge in [0.2, 0.25) is 5.91 Å². The number of hydrogen-bond acceptors (Lipinski definition) is 10. The molecule has 1 amide bonds. The van der Waals surface area contributed by atoms with Gasteiger partial charge in [-0.1, -0.05) is 30.8 Å². The number of benzene rings is 1. The molecule has 1 aromatic carbocycles. The summed E-state index contributed by atoms with van der Waals surface area (Å²) in [4.78, 5) is 47.2. The Labute approximate surface area is 233 Å². The second kappa shape index (κ2) is 12.6. The first-order valence-corrected chi connectivity index (χ1v) is 14.0. The molecule has 1 atom stereocenters. The highest BCUT2D eigenvalue weighted by atomic mass is 32.2. The van der Waals surface area contributed by atoms with Crippen molar-refractivity contribution >= 4 is 34.8 Å². The minimum absolute atomic E-state index is 0.0494. The molecule has 1 aromatic rings. The first kappa shape index (κ1) is 28.5. The molecule has 0 N–H and O–H groups in total. The standard InChI is InChI=1S/C28H35N3O7S/c1-6-20-23(27(34)37-5)24(19-9-8-10-21(35-3)25(19)36-4)31-18(16-39-28(31)29-20)15-22(32)30-13-11-17(12-14-30)26(33)38-7-2/h8-10,16-17,24H,6-7,11-15H2,1-5H3/t24-/m0/s1. The largest absolute Gasteiger partial charge is 0.493 e. The number of esters is 2. The van der Waals surface area contributed by atoms with E-state index in [1.54, 1.807) is 32.1 Å². The van der Waals surface area contributed by atoms with Crippen molar-refractivity contribution < 1.29 is 33.3 Å². The number of aliphatic imine (C=N–C) groups is 1.